The van der Waals surface area contributed by atoms with Crippen molar-refractivity contribution in [2.75, 3.05) is 38.1 Å². The van der Waals surface area contributed by atoms with E-state index in [1.54, 1.807) is 6.20 Å². The molecule has 1 aromatic heterocycles. The highest BCUT2D eigenvalue weighted by Crippen LogP contribution is 2.20. The van der Waals surface area contributed by atoms with Crippen LogP contribution in [-0.2, 0) is 6.54 Å². The zero-order valence-corrected chi connectivity index (χ0v) is 13.9. The van der Waals surface area contributed by atoms with Crippen molar-refractivity contribution in [3.8, 4) is 0 Å². The van der Waals surface area contributed by atoms with Crippen LogP contribution in [0, 0.1) is 0 Å². The van der Waals surface area contributed by atoms with E-state index in [2.05, 4.69) is 36.4 Å². The maximum atomic E-state index is 6.08. The summed E-state index contributed by atoms with van der Waals surface area (Å²) < 4.78 is 0. The molecular weight excluding hydrogens is 312 g/mol. The number of hydrogen-bond donors (Lipinski definition) is 2. The number of H-pyrrole nitrogens is 1. The number of anilines is 1. The van der Waals surface area contributed by atoms with Gasteiger partial charge < -0.3 is 15.1 Å². The molecule has 0 amide bonds. The van der Waals surface area contributed by atoms with E-state index in [1.807, 2.05) is 31.3 Å². The van der Waals surface area contributed by atoms with Crippen LogP contribution in [0.15, 0.2) is 41.5 Å². The summed E-state index contributed by atoms with van der Waals surface area (Å²) in [4.78, 5) is 9.01. The number of guanidine groups is 1. The van der Waals surface area contributed by atoms with Gasteiger partial charge in [0.05, 0.1) is 12.2 Å². The van der Waals surface area contributed by atoms with Gasteiger partial charge in [0, 0.05) is 50.1 Å². The van der Waals surface area contributed by atoms with Gasteiger partial charge in [-0.2, -0.15) is 5.10 Å². The third-order valence-electron chi connectivity index (χ3n) is 3.96. The predicted molar refractivity (Wildman–Crippen MR) is 94.0 cm³/mol. The molecule has 7 heteroatoms. The molecule has 23 heavy (non-hydrogen) atoms. The Morgan fingerprint density at radius 2 is 2.13 bits per heavy atom. The van der Waals surface area contributed by atoms with Crippen molar-refractivity contribution in [3.05, 3.63) is 47.2 Å². The minimum atomic E-state index is 0.696. The van der Waals surface area contributed by atoms with E-state index in [4.69, 9.17) is 11.6 Å². The number of rotatable bonds is 3. The minimum Gasteiger partial charge on any atom is -0.368 e. The molecule has 0 radical (unpaired) electrons. The number of piperazine rings is 1. The third-order valence-corrected chi connectivity index (χ3v) is 4.19. The van der Waals surface area contributed by atoms with E-state index in [0.29, 0.717) is 6.54 Å². The van der Waals surface area contributed by atoms with Gasteiger partial charge in [-0.05, 0) is 24.3 Å². The van der Waals surface area contributed by atoms with Crippen LogP contribution in [0.4, 0.5) is 5.69 Å². The molecule has 2 N–H and O–H groups in total. The quantitative estimate of drug-likeness (QED) is 0.666. The summed E-state index contributed by atoms with van der Waals surface area (Å²) in [5.41, 5.74) is 2.22. The molecule has 0 bridgehead atoms. The lowest BCUT2D eigenvalue weighted by Gasteiger charge is -2.37. The van der Waals surface area contributed by atoms with Gasteiger partial charge in [0.25, 0.3) is 0 Å². The Morgan fingerprint density at radius 3 is 2.78 bits per heavy atom. The number of aromatic nitrogens is 2. The van der Waals surface area contributed by atoms with Gasteiger partial charge in [-0.25, -0.2) is 0 Å². The van der Waals surface area contributed by atoms with Crippen LogP contribution in [0.1, 0.15) is 5.69 Å². The van der Waals surface area contributed by atoms with E-state index >= 15 is 0 Å². The van der Waals surface area contributed by atoms with Crippen LogP contribution in [0.5, 0.6) is 0 Å². The molecule has 1 aliphatic rings. The van der Waals surface area contributed by atoms with E-state index in [1.165, 1.54) is 5.69 Å². The standard InChI is InChI=1S/C16H21ClN6/c1-18-16(19-12-14-5-6-20-21-14)23-9-7-22(8-10-23)15-4-2-3-13(17)11-15/h2-6,11H,7-10,12H2,1H3,(H,18,19)(H,20,21). The van der Waals surface area contributed by atoms with Gasteiger partial charge in [0.15, 0.2) is 5.96 Å². The summed E-state index contributed by atoms with van der Waals surface area (Å²) in [6.07, 6.45) is 1.75. The molecule has 1 fully saturated rings. The lowest BCUT2D eigenvalue weighted by atomic mass is 10.2. The number of benzene rings is 1. The number of aromatic amines is 1. The number of nitrogens with one attached hydrogen (secondary N) is 2. The van der Waals surface area contributed by atoms with Crippen molar-refractivity contribution in [1.29, 1.82) is 0 Å². The smallest absolute Gasteiger partial charge is 0.194 e. The van der Waals surface area contributed by atoms with Crippen molar-refractivity contribution in [2.24, 2.45) is 4.99 Å². The summed E-state index contributed by atoms with van der Waals surface area (Å²) in [6.45, 7) is 4.45. The molecule has 2 heterocycles. The van der Waals surface area contributed by atoms with Crippen LogP contribution >= 0.6 is 11.6 Å². The Hall–Kier alpha value is -2.21. The normalized spacial score (nSPS) is 15.8. The average molecular weight is 333 g/mol. The van der Waals surface area contributed by atoms with Gasteiger partial charge in [0.1, 0.15) is 0 Å². The van der Waals surface area contributed by atoms with Gasteiger partial charge in [0.2, 0.25) is 0 Å². The second kappa shape index (κ2) is 7.37. The summed E-state index contributed by atoms with van der Waals surface area (Å²) in [5.74, 6) is 0.922. The van der Waals surface area contributed by atoms with Crippen molar-refractivity contribution >= 4 is 23.2 Å². The summed E-state index contributed by atoms with van der Waals surface area (Å²) in [6, 6.07) is 9.98. The van der Waals surface area contributed by atoms with E-state index in [9.17, 15) is 0 Å². The largest absolute Gasteiger partial charge is 0.368 e. The number of hydrogen-bond acceptors (Lipinski definition) is 3. The molecule has 0 aliphatic carbocycles. The first-order chi connectivity index (χ1) is 11.3. The Bertz CT molecular complexity index is 646. The molecule has 0 unspecified atom stereocenters. The third kappa shape index (κ3) is 3.96. The Morgan fingerprint density at radius 1 is 1.30 bits per heavy atom. The van der Waals surface area contributed by atoms with E-state index in [0.717, 1.165) is 42.9 Å². The zero-order valence-electron chi connectivity index (χ0n) is 13.2. The fraction of sp³-hybridized carbons (Fsp3) is 0.375. The highest BCUT2D eigenvalue weighted by Gasteiger charge is 2.19. The van der Waals surface area contributed by atoms with Crippen LogP contribution < -0.4 is 10.2 Å². The first-order valence-corrected chi connectivity index (χ1v) is 8.08. The first-order valence-electron chi connectivity index (χ1n) is 7.70. The second-order valence-electron chi connectivity index (χ2n) is 5.44. The number of nitrogens with zero attached hydrogens (tertiary/aromatic N) is 4. The molecule has 0 spiro atoms. The van der Waals surface area contributed by atoms with Crippen LogP contribution in [0.2, 0.25) is 5.02 Å². The predicted octanol–water partition coefficient (Wildman–Crippen LogP) is 1.96. The Labute approximate surface area is 141 Å². The molecule has 1 aliphatic heterocycles. The molecule has 2 aromatic rings. The highest BCUT2D eigenvalue weighted by molar-refractivity contribution is 6.30. The maximum absolute atomic E-state index is 6.08. The lowest BCUT2D eigenvalue weighted by Crippen LogP contribution is -2.52. The lowest BCUT2D eigenvalue weighted by molar-refractivity contribution is 0.372. The van der Waals surface area contributed by atoms with Crippen molar-refractivity contribution in [3.63, 3.8) is 0 Å². The Kier molecular flexibility index (Phi) is 5.02. The van der Waals surface area contributed by atoms with Crippen molar-refractivity contribution in [1.82, 2.24) is 20.4 Å². The molecule has 0 atom stereocenters. The summed E-state index contributed by atoms with van der Waals surface area (Å²) >= 11 is 6.08. The molecule has 1 saturated heterocycles. The van der Waals surface area contributed by atoms with Crippen molar-refractivity contribution in [2.45, 2.75) is 6.54 Å². The molecule has 1 aromatic carbocycles. The summed E-state index contributed by atoms with van der Waals surface area (Å²) in [5, 5.41) is 11.0. The van der Waals surface area contributed by atoms with Gasteiger partial charge in [-0.15, -0.1) is 0 Å². The average Bonchev–Trinajstić information content (AvgIpc) is 3.09. The maximum Gasteiger partial charge on any atom is 0.194 e. The molecule has 122 valence electrons. The van der Waals surface area contributed by atoms with E-state index < -0.39 is 0 Å². The second-order valence-corrected chi connectivity index (χ2v) is 5.87. The minimum absolute atomic E-state index is 0.696. The topological polar surface area (TPSA) is 59.6 Å². The van der Waals surface area contributed by atoms with Gasteiger partial charge in [-0.3, -0.25) is 10.1 Å². The monoisotopic (exact) mass is 332 g/mol. The summed E-state index contributed by atoms with van der Waals surface area (Å²) in [7, 11) is 1.82. The van der Waals surface area contributed by atoms with E-state index in [-0.39, 0.29) is 0 Å². The van der Waals surface area contributed by atoms with Crippen LogP contribution in [0.3, 0.4) is 0 Å². The fourth-order valence-corrected chi connectivity index (χ4v) is 2.92. The molecule has 0 saturated carbocycles. The fourth-order valence-electron chi connectivity index (χ4n) is 2.74. The zero-order chi connectivity index (χ0) is 16.1. The van der Waals surface area contributed by atoms with Crippen molar-refractivity contribution < 1.29 is 0 Å². The number of aliphatic imine (C=N–C) groups is 1. The van der Waals surface area contributed by atoms with Crippen LogP contribution in [-0.4, -0.2) is 54.3 Å². The number of halogens is 1. The molecule has 3 rings (SSSR count). The van der Waals surface area contributed by atoms with Crippen LogP contribution in [0.25, 0.3) is 0 Å². The SMILES string of the molecule is CN=C(NCc1ccn[nH]1)N1CCN(c2cccc(Cl)c2)CC1. The van der Waals surface area contributed by atoms with Gasteiger partial charge in [-0.1, -0.05) is 17.7 Å². The molecular formula is C16H21ClN6. The highest BCUT2D eigenvalue weighted by atomic mass is 35.5. The first kappa shape index (κ1) is 15.7. The van der Waals surface area contributed by atoms with Gasteiger partial charge >= 0.3 is 0 Å². The molecule has 6 nitrogen and oxygen atoms in total. The Balaban J connectivity index is 1.55.